The average Bonchev–Trinajstić information content (AvgIpc) is 3.29. The van der Waals surface area contributed by atoms with Crippen molar-refractivity contribution in [2.75, 3.05) is 19.6 Å². The summed E-state index contributed by atoms with van der Waals surface area (Å²) in [6, 6.07) is 0.0761. The zero-order valence-corrected chi connectivity index (χ0v) is 14.3. The van der Waals surface area contributed by atoms with Crippen LogP contribution in [0.5, 0.6) is 0 Å². The van der Waals surface area contributed by atoms with Gasteiger partial charge < -0.3 is 9.84 Å². The fourth-order valence-corrected chi connectivity index (χ4v) is 3.20. The molecule has 1 N–H and O–H groups in total. The second-order valence-corrected chi connectivity index (χ2v) is 7.00. The van der Waals surface area contributed by atoms with Crippen LogP contribution in [0.2, 0.25) is 0 Å². The largest absolute Gasteiger partial charge is 0.356 e. The molecule has 2 fully saturated rings. The molecule has 1 saturated heterocycles. The summed E-state index contributed by atoms with van der Waals surface area (Å²) in [6.07, 6.45) is 6.42. The Morgan fingerprint density at radius 1 is 1.43 bits per heavy atom. The molecule has 0 aromatic carbocycles. The van der Waals surface area contributed by atoms with E-state index in [-0.39, 0.29) is 17.9 Å². The Hall–Kier alpha value is -1.43. The zero-order chi connectivity index (χ0) is 16.2. The first-order chi connectivity index (χ1) is 11.2. The van der Waals surface area contributed by atoms with Crippen LogP contribution in [-0.4, -0.2) is 40.6 Å². The van der Waals surface area contributed by atoms with Gasteiger partial charge in [0.1, 0.15) is 0 Å². The molecule has 128 valence electrons. The second kappa shape index (κ2) is 7.43. The molecule has 0 unspecified atom stereocenters. The van der Waals surface area contributed by atoms with Gasteiger partial charge >= 0.3 is 0 Å². The maximum absolute atomic E-state index is 12.3. The molecule has 1 saturated carbocycles. The quantitative estimate of drug-likeness (QED) is 0.835. The highest BCUT2D eigenvalue weighted by atomic mass is 16.5. The third-order valence-electron chi connectivity index (χ3n) is 4.95. The van der Waals surface area contributed by atoms with E-state index in [1.54, 1.807) is 0 Å². The number of amides is 1. The molecule has 1 aliphatic heterocycles. The van der Waals surface area contributed by atoms with E-state index in [1.165, 1.54) is 12.8 Å². The predicted molar refractivity (Wildman–Crippen MR) is 86.7 cm³/mol. The molecule has 0 radical (unpaired) electrons. The van der Waals surface area contributed by atoms with Crippen LogP contribution < -0.4 is 5.32 Å². The van der Waals surface area contributed by atoms with E-state index in [2.05, 4.69) is 34.2 Å². The number of hydrogen-bond donors (Lipinski definition) is 1. The van der Waals surface area contributed by atoms with E-state index in [0.29, 0.717) is 5.89 Å². The maximum Gasteiger partial charge on any atom is 0.243 e. The third kappa shape index (κ3) is 4.31. The van der Waals surface area contributed by atoms with Gasteiger partial charge in [-0.15, -0.1) is 0 Å². The van der Waals surface area contributed by atoms with Crippen molar-refractivity contribution in [2.45, 2.75) is 58.4 Å². The SMILES string of the molecule is CCCc1noc([C@@H](C)N2CCC[C@@H](C(=O)NCC3CC3)C2)n1. The molecule has 1 aromatic rings. The smallest absolute Gasteiger partial charge is 0.243 e. The summed E-state index contributed by atoms with van der Waals surface area (Å²) >= 11 is 0. The predicted octanol–water partition coefficient (Wildman–Crippen LogP) is 2.32. The molecule has 6 heteroatoms. The average molecular weight is 320 g/mol. The molecule has 2 aliphatic rings. The number of nitrogens with zero attached hydrogens (tertiary/aromatic N) is 3. The third-order valence-corrected chi connectivity index (χ3v) is 4.95. The summed E-state index contributed by atoms with van der Waals surface area (Å²) in [6.45, 7) is 6.82. The van der Waals surface area contributed by atoms with Gasteiger partial charge in [0.15, 0.2) is 5.82 Å². The number of carbonyl (C=O) groups excluding carboxylic acids is 1. The minimum Gasteiger partial charge on any atom is -0.356 e. The number of nitrogens with one attached hydrogen (secondary N) is 1. The van der Waals surface area contributed by atoms with Gasteiger partial charge in [-0.3, -0.25) is 9.69 Å². The molecule has 1 aliphatic carbocycles. The van der Waals surface area contributed by atoms with Crippen LogP contribution in [0.15, 0.2) is 4.52 Å². The van der Waals surface area contributed by atoms with Crippen LogP contribution in [0.4, 0.5) is 0 Å². The first-order valence-electron chi connectivity index (χ1n) is 9.01. The Morgan fingerprint density at radius 2 is 2.26 bits per heavy atom. The van der Waals surface area contributed by atoms with Crippen molar-refractivity contribution < 1.29 is 9.32 Å². The van der Waals surface area contributed by atoms with Crippen molar-refractivity contribution in [3.63, 3.8) is 0 Å². The van der Waals surface area contributed by atoms with Crippen LogP contribution in [0.25, 0.3) is 0 Å². The molecule has 2 heterocycles. The minimum absolute atomic E-state index is 0.0761. The summed E-state index contributed by atoms with van der Waals surface area (Å²) in [5, 5.41) is 7.16. The summed E-state index contributed by atoms with van der Waals surface area (Å²) in [5.41, 5.74) is 0. The fraction of sp³-hybridized carbons (Fsp3) is 0.824. The Kier molecular flexibility index (Phi) is 5.30. The highest BCUT2D eigenvalue weighted by Crippen LogP contribution is 2.29. The lowest BCUT2D eigenvalue weighted by Gasteiger charge is -2.34. The van der Waals surface area contributed by atoms with Gasteiger partial charge in [0, 0.05) is 19.5 Å². The standard InChI is InChI=1S/C17H28N4O2/c1-3-5-15-19-17(23-20-15)12(2)21-9-4-6-14(11-21)16(22)18-10-13-7-8-13/h12-14H,3-11H2,1-2H3,(H,18,22)/t12-,14-/m1/s1. The van der Waals surface area contributed by atoms with E-state index in [9.17, 15) is 4.79 Å². The van der Waals surface area contributed by atoms with Gasteiger partial charge in [0.2, 0.25) is 11.8 Å². The van der Waals surface area contributed by atoms with E-state index in [0.717, 1.165) is 57.1 Å². The highest BCUT2D eigenvalue weighted by molar-refractivity contribution is 5.79. The number of rotatable bonds is 7. The van der Waals surface area contributed by atoms with Crippen molar-refractivity contribution in [3.05, 3.63) is 11.7 Å². The first-order valence-corrected chi connectivity index (χ1v) is 9.01. The molecule has 1 amide bonds. The molecule has 0 spiro atoms. The van der Waals surface area contributed by atoms with Crippen molar-refractivity contribution in [3.8, 4) is 0 Å². The van der Waals surface area contributed by atoms with Crippen LogP contribution in [0, 0.1) is 11.8 Å². The lowest BCUT2D eigenvalue weighted by molar-refractivity contribution is -0.127. The van der Waals surface area contributed by atoms with Gasteiger partial charge in [0.25, 0.3) is 0 Å². The lowest BCUT2D eigenvalue weighted by Crippen LogP contribution is -2.44. The van der Waals surface area contributed by atoms with Crippen molar-refractivity contribution in [2.24, 2.45) is 11.8 Å². The number of carbonyl (C=O) groups is 1. The minimum atomic E-state index is 0.0761. The normalized spacial score (nSPS) is 23.7. The Labute approximate surface area is 138 Å². The molecular weight excluding hydrogens is 292 g/mol. The van der Waals surface area contributed by atoms with Crippen LogP contribution in [0.3, 0.4) is 0 Å². The van der Waals surface area contributed by atoms with Gasteiger partial charge in [-0.2, -0.15) is 4.98 Å². The van der Waals surface area contributed by atoms with Gasteiger partial charge in [-0.05, 0) is 51.5 Å². The van der Waals surface area contributed by atoms with E-state index in [4.69, 9.17) is 4.52 Å². The number of piperidine rings is 1. The molecule has 6 nitrogen and oxygen atoms in total. The Morgan fingerprint density at radius 3 is 3.00 bits per heavy atom. The van der Waals surface area contributed by atoms with Crippen LogP contribution >= 0.6 is 0 Å². The number of aryl methyl sites for hydroxylation is 1. The van der Waals surface area contributed by atoms with Gasteiger partial charge in [-0.1, -0.05) is 12.1 Å². The second-order valence-electron chi connectivity index (χ2n) is 7.00. The van der Waals surface area contributed by atoms with Crippen molar-refractivity contribution >= 4 is 5.91 Å². The van der Waals surface area contributed by atoms with Crippen molar-refractivity contribution in [1.82, 2.24) is 20.4 Å². The van der Waals surface area contributed by atoms with E-state index in [1.807, 2.05) is 0 Å². The fourth-order valence-electron chi connectivity index (χ4n) is 3.20. The highest BCUT2D eigenvalue weighted by Gasteiger charge is 2.31. The zero-order valence-electron chi connectivity index (χ0n) is 14.3. The summed E-state index contributed by atoms with van der Waals surface area (Å²) < 4.78 is 5.41. The molecular formula is C17H28N4O2. The number of aromatic nitrogens is 2. The molecule has 3 rings (SSSR count). The molecule has 1 aromatic heterocycles. The Balaban J connectivity index is 1.54. The van der Waals surface area contributed by atoms with Crippen molar-refractivity contribution in [1.29, 1.82) is 0 Å². The molecule has 23 heavy (non-hydrogen) atoms. The van der Waals surface area contributed by atoms with Crippen LogP contribution in [-0.2, 0) is 11.2 Å². The molecule has 0 bridgehead atoms. The monoisotopic (exact) mass is 320 g/mol. The van der Waals surface area contributed by atoms with E-state index >= 15 is 0 Å². The lowest BCUT2D eigenvalue weighted by atomic mass is 9.96. The number of likely N-dealkylation sites (tertiary alicyclic amines) is 1. The summed E-state index contributed by atoms with van der Waals surface area (Å²) in [5.74, 6) is 2.49. The number of hydrogen-bond acceptors (Lipinski definition) is 5. The first kappa shape index (κ1) is 16.4. The van der Waals surface area contributed by atoms with Gasteiger partial charge in [0.05, 0.1) is 12.0 Å². The summed E-state index contributed by atoms with van der Waals surface area (Å²) in [7, 11) is 0. The van der Waals surface area contributed by atoms with Gasteiger partial charge in [-0.25, -0.2) is 0 Å². The summed E-state index contributed by atoms with van der Waals surface area (Å²) in [4.78, 5) is 19.1. The molecule has 2 atom stereocenters. The Bertz CT molecular complexity index is 526. The topological polar surface area (TPSA) is 71.3 Å². The van der Waals surface area contributed by atoms with Crippen LogP contribution in [0.1, 0.15) is 63.7 Å². The maximum atomic E-state index is 12.3. The van der Waals surface area contributed by atoms with E-state index < -0.39 is 0 Å².